The van der Waals surface area contributed by atoms with Crippen molar-refractivity contribution in [1.29, 1.82) is 0 Å². The molecule has 0 aliphatic rings. The summed E-state index contributed by atoms with van der Waals surface area (Å²) in [6.45, 7) is 2.80. The minimum Gasteiger partial charge on any atom is -0.395 e. The molecule has 0 atom stereocenters. The highest BCUT2D eigenvalue weighted by Crippen LogP contribution is 2.28. The van der Waals surface area contributed by atoms with Crippen molar-refractivity contribution >= 4 is 35.1 Å². The van der Waals surface area contributed by atoms with E-state index in [-0.39, 0.29) is 30.6 Å². The molecular weight excluding hydrogens is 380 g/mol. The fourth-order valence-electron chi connectivity index (χ4n) is 2.14. The van der Waals surface area contributed by atoms with Gasteiger partial charge in [-0.3, -0.25) is 9.59 Å². The summed E-state index contributed by atoms with van der Waals surface area (Å²) < 4.78 is 0. The van der Waals surface area contributed by atoms with Crippen molar-refractivity contribution in [3.63, 3.8) is 0 Å². The van der Waals surface area contributed by atoms with Gasteiger partial charge in [0.15, 0.2) is 0 Å². The lowest BCUT2D eigenvalue weighted by Gasteiger charge is -2.06. The Morgan fingerprint density at radius 2 is 1.50 bits per heavy atom. The number of Topliss-reactive ketones (excluding diaryl/α,β-unsaturated/α-hetero) is 1. The van der Waals surface area contributed by atoms with Crippen LogP contribution in [0.15, 0.2) is 63.5 Å². The molecule has 0 saturated carbocycles. The van der Waals surface area contributed by atoms with Crippen LogP contribution in [0.3, 0.4) is 0 Å². The molecule has 0 fully saturated rings. The van der Waals surface area contributed by atoms with Crippen molar-refractivity contribution in [3.05, 3.63) is 59.7 Å². The first-order valence-corrected chi connectivity index (χ1v) is 9.26. The first kappa shape index (κ1) is 21.3. The summed E-state index contributed by atoms with van der Waals surface area (Å²) >= 11 is 1.49. The summed E-state index contributed by atoms with van der Waals surface area (Å²) in [7, 11) is 0. The molecule has 0 unspecified atom stereocenters. The van der Waals surface area contributed by atoms with E-state index < -0.39 is 5.97 Å². The van der Waals surface area contributed by atoms with Crippen LogP contribution < -0.4 is 5.32 Å². The molecule has 0 bridgehead atoms. The zero-order chi connectivity index (χ0) is 20.5. The number of amides is 1. The number of benzene rings is 2. The Labute approximate surface area is 166 Å². The Kier molecular flexibility index (Phi) is 7.91. The van der Waals surface area contributed by atoms with Crippen molar-refractivity contribution < 1.29 is 24.3 Å². The fourth-order valence-corrected chi connectivity index (χ4v) is 2.96. The minimum absolute atomic E-state index is 0.0886. The number of nitrogens with one attached hydrogen (secondary N) is 1. The molecule has 2 aromatic carbocycles. The summed E-state index contributed by atoms with van der Waals surface area (Å²) in [5.74, 6) is -1.15. The van der Waals surface area contributed by atoms with E-state index in [0.29, 0.717) is 11.1 Å². The zero-order valence-electron chi connectivity index (χ0n) is 15.5. The monoisotopic (exact) mass is 400 g/mol. The van der Waals surface area contributed by atoms with Crippen molar-refractivity contribution in [3.8, 4) is 0 Å². The van der Waals surface area contributed by atoms with Gasteiger partial charge in [0, 0.05) is 34.4 Å². The predicted octanol–water partition coefficient (Wildman–Crippen LogP) is 2.68. The number of hydrogen-bond acceptors (Lipinski definition) is 7. The van der Waals surface area contributed by atoms with Crippen LogP contribution in [0.1, 0.15) is 34.6 Å². The maximum Gasteiger partial charge on any atom is 0.331 e. The molecule has 0 spiro atoms. The van der Waals surface area contributed by atoms with Crippen LogP contribution >= 0.6 is 11.8 Å². The maximum absolute atomic E-state index is 12.2. The van der Waals surface area contributed by atoms with Crippen molar-refractivity contribution in [2.45, 2.75) is 23.6 Å². The molecule has 2 rings (SSSR count). The lowest BCUT2D eigenvalue weighted by molar-refractivity contribution is -0.140. The van der Waals surface area contributed by atoms with Gasteiger partial charge in [0.2, 0.25) is 5.78 Å². The number of rotatable bonds is 8. The Bertz CT molecular complexity index is 876. The van der Waals surface area contributed by atoms with Gasteiger partial charge in [-0.1, -0.05) is 16.9 Å². The van der Waals surface area contributed by atoms with E-state index in [9.17, 15) is 14.4 Å². The highest BCUT2D eigenvalue weighted by atomic mass is 32.2. The van der Waals surface area contributed by atoms with E-state index >= 15 is 0 Å². The second kappa shape index (κ2) is 10.4. The van der Waals surface area contributed by atoms with Crippen LogP contribution in [0, 0.1) is 0 Å². The van der Waals surface area contributed by atoms with E-state index in [1.807, 2.05) is 12.1 Å². The molecule has 28 heavy (non-hydrogen) atoms. The van der Waals surface area contributed by atoms with Gasteiger partial charge in [-0.15, -0.1) is 0 Å². The number of carbonyl (C=O) groups is 3. The van der Waals surface area contributed by atoms with Gasteiger partial charge in [0.05, 0.1) is 6.61 Å². The number of aliphatic hydroxyl groups is 1. The van der Waals surface area contributed by atoms with Gasteiger partial charge in [0.1, 0.15) is 5.71 Å². The number of hydrogen-bond donors (Lipinski definition) is 2. The van der Waals surface area contributed by atoms with Crippen LogP contribution in [0.2, 0.25) is 0 Å². The summed E-state index contributed by atoms with van der Waals surface area (Å²) in [6.07, 6.45) is 0. The molecule has 0 radical (unpaired) electrons. The quantitative estimate of drug-likeness (QED) is 0.305. The van der Waals surface area contributed by atoms with Crippen LogP contribution in [-0.2, 0) is 9.63 Å². The standard InChI is InChI=1S/C20H20N2O5S/c1-13(22-27-14(2)24)19(25)15-3-7-17(8-4-15)28-18-9-5-16(6-10-18)20(26)21-11-12-23/h3-10,23H,11-12H2,1-2H3,(H,21,26)/b22-13+. The Morgan fingerprint density at radius 3 is 2.00 bits per heavy atom. The second-order valence-corrected chi connectivity index (χ2v) is 6.87. The molecular formula is C20H20N2O5S. The van der Waals surface area contributed by atoms with Crippen LogP contribution in [-0.4, -0.2) is 41.6 Å². The first-order chi connectivity index (χ1) is 13.4. The van der Waals surface area contributed by atoms with Crippen LogP contribution in [0.5, 0.6) is 0 Å². The van der Waals surface area contributed by atoms with Gasteiger partial charge < -0.3 is 15.3 Å². The largest absolute Gasteiger partial charge is 0.395 e. The third kappa shape index (κ3) is 6.33. The van der Waals surface area contributed by atoms with Gasteiger partial charge in [0.25, 0.3) is 5.91 Å². The van der Waals surface area contributed by atoms with Gasteiger partial charge in [-0.25, -0.2) is 4.79 Å². The molecule has 2 N–H and O–H groups in total. The summed E-state index contributed by atoms with van der Waals surface area (Å²) in [5.41, 5.74) is 1.04. The average Bonchev–Trinajstić information content (AvgIpc) is 2.70. The smallest absolute Gasteiger partial charge is 0.331 e. The lowest BCUT2D eigenvalue weighted by Crippen LogP contribution is -2.26. The van der Waals surface area contributed by atoms with Crippen LogP contribution in [0.4, 0.5) is 0 Å². The summed E-state index contributed by atoms with van der Waals surface area (Å²) in [5, 5.41) is 14.8. The van der Waals surface area contributed by atoms with E-state index in [4.69, 9.17) is 5.11 Å². The molecule has 7 nitrogen and oxygen atoms in total. The van der Waals surface area contributed by atoms with E-state index in [2.05, 4.69) is 15.3 Å². The Morgan fingerprint density at radius 1 is 0.964 bits per heavy atom. The van der Waals surface area contributed by atoms with Crippen molar-refractivity contribution in [2.24, 2.45) is 5.16 Å². The molecule has 0 aliphatic carbocycles. The number of ketones is 1. The normalized spacial score (nSPS) is 11.0. The van der Waals surface area contributed by atoms with Gasteiger partial charge in [-0.2, -0.15) is 0 Å². The number of nitrogens with zero attached hydrogens (tertiary/aromatic N) is 1. The predicted molar refractivity (Wildman–Crippen MR) is 106 cm³/mol. The Hall–Kier alpha value is -2.97. The third-order valence-electron chi connectivity index (χ3n) is 3.51. The molecule has 0 aliphatic heterocycles. The van der Waals surface area contributed by atoms with Crippen LogP contribution in [0.25, 0.3) is 0 Å². The summed E-state index contributed by atoms with van der Waals surface area (Å²) in [6, 6.07) is 14.0. The molecule has 0 saturated heterocycles. The third-order valence-corrected chi connectivity index (χ3v) is 4.52. The average molecular weight is 400 g/mol. The summed E-state index contributed by atoms with van der Waals surface area (Å²) in [4.78, 5) is 41.1. The SMILES string of the molecule is CC(=O)O/N=C(\C)C(=O)c1ccc(Sc2ccc(C(=O)NCCO)cc2)cc1. The van der Waals surface area contributed by atoms with Crippen molar-refractivity contribution in [2.75, 3.05) is 13.2 Å². The Balaban J connectivity index is 2.00. The highest BCUT2D eigenvalue weighted by molar-refractivity contribution is 7.99. The molecule has 146 valence electrons. The zero-order valence-corrected chi connectivity index (χ0v) is 16.3. The first-order valence-electron chi connectivity index (χ1n) is 8.44. The van der Waals surface area contributed by atoms with Gasteiger partial charge >= 0.3 is 5.97 Å². The lowest BCUT2D eigenvalue weighted by atomic mass is 10.1. The molecule has 2 aromatic rings. The van der Waals surface area contributed by atoms with E-state index in [1.165, 1.54) is 25.6 Å². The molecule has 0 heterocycles. The topological polar surface area (TPSA) is 105 Å². The molecule has 0 aromatic heterocycles. The van der Waals surface area contributed by atoms with E-state index in [1.54, 1.807) is 36.4 Å². The number of oxime groups is 1. The minimum atomic E-state index is -0.587. The van der Waals surface area contributed by atoms with E-state index in [0.717, 1.165) is 9.79 Å². The maximum atomic E-state index is 12.2. The molecule has 1 amide bonds. The highest BCUT2D eigenvalue weighted by Gasteiger charge is 2.11. The number of carbonyl (C=O) groups excluding carboxylic acids is 3. The second-order valence-electron chi connectivity index (χ2n) is 5.72. The number of aliphatic hydroxyl groups excluding tert-OH is 1. The molecule has 8 heteroatoms. The fraction of sp³-hybridized carbons (Fsp3) is 0.200. The van der Waals surface area contributed by atoms with Gasteiger partial charge in [-0.05, 0) is 55.5 Å². The van der Waals surface area contributed by atoms with Crippen molar-refractivity contribution in [1.82, 2.24) is 5.32 Å².